The molecule has 0 fully saturated rings. The zero-order chi connectivity index (χ0) is 17.4. The number of amides is 1. The first-order valence-electron chi connectivity index (χ1n) is 8.19. The van der Waals surface area contributed by atoms with Gasteiger partial charge in [-0.25, -0.2) is 13.1 Å². The Morgan fingerprint density at radius 1 is 1.21 bits per heavy atom. The number of carbonyl (C=O) groups excluding carboxylic acids is 1. The highest BCUT2D eigenvalue weighted by molar-refractivity contribution is 7.89. The van der Waals surface area contributed by atoms with Crippen molar-refractivity contribution in [3.63, 3.8) is 0 Å². The first-order chi connectivity index (χ1) is 11.5. The van der Waals surface area contributed by atoms with Crippen LogP contribution in [0.15, 0.2) is 53.5 Å². The number of carbonyl (C=O) groups is 1. The van der Waals surface area contributed by atoms with Crippen LogP contribution in [0.5, 0.6) is 0 Å². The van der Waals surface area contributed by atoms with E-state index < -0.39 is 10.0 Å². The maximum Gasteiger partial charge on any atom is 0.251 e. The minimum Gasteiger partial charge on any atom is -0.349 e. The largest absolute Gasteiger partial charge is 0.349 e. The molecule has 0 radical (unpaired) electrons. The first kappa shape index (κ1) is 18.4. The zero-order valence-corrected chi connectivity index (χ0v) is 14.6. The van der Waals surface area contributed by atoms with Crippen molar-refractivity contribution in [1.82, 2.24) is 10.0 Å². The summed E-state index contributed by atoms with van der Waals surface area (Å²) in [7, 11) is -3.55. The molecule has 130 valence electrons. The van der Waals surface area contributed by atoms with Crippen LogP contribution in [0.3, 0.4) is 0 Å². The van der Waals surface area contributed by atoms with Crippen molar-refractivity contribution in [3.8, 4) is 0 Å². The van der Waals surface area contributed by atoms with Crippen molar-refractivity contribution in [2.24, 2.45) is 0 Å². The number of allylic oxidation sites excluding steroid dienone is 1. The van der Waals surface area contributed by atoms with Crippen molar-refractivity contribution < 1.29 is 13.2 Å². The van der Waals surface area contributed by atoms with E-state index in [4.69, 9.17) is 0 Å². The molecule has 0 saturated heterocycles. The monoisotopic (exact) mass is 348 g/mol. The fourth-order valence-electron chi connectivity index (χ4n) is 2.61. The van der Waals surface area contributed by atoms with Gasteiger partial charge in [-0.1, -0.05) is 17.7 Å². The van der Waals surface area contributed by atoms with Gasteiger partial charge in [0.1, 0.15) is 0 Å². The topological polar surface area (TPSA) is 75.3 Å². The Bertz CT molecular complexity index is 706. The third kappa shape index (κ3) is 5.32. The predicted octanol–water partition coefficient (Wildman–Crippen LogP) is 2.77. The number of sulfonamides is 1. The lowest BCUT2D eigenvalue weighted by Crippen LogP contribution is -2.26. The summed E-state index contributed by atoms with van der Waals surface area (Å²) in [4.78, 5) is 11.9. The molecule has 0 unspecified atom stereocenters. The Balaban J connectivity index is 1.92. The van der Waals surface area contributed by atoms with E-state index in [9.17, 15) is 13.2 Å². The molecule has 24 heavy (non-hydrogen) atoms. The smallest absolute Gasteiger partial charge is 0.251 e. The van der Waals surface area contributed by atoms with Crippen molar-refractivity contribution in [2.45, 2.75) is 37.0 Å². The highest BCUT2D eigenvalue weighted by Gasteiger charge is 2.15. The van der Waals surface area contributed by atoms with E-state index in [0.717, 1.165) is 19.3 Å². The van der Waals surface area contributed by atoms with Crippen LogP contribution in [0.1, 0.15) is 42.5 Å². The second kappa shape index (κ2) is 8.80. The summed E-state index contributed by atoms with van der Waals surface area (Å²) in [6.45, 7) is 4.30. The van der Waals surface area contributed by atoms with Crippen molar-refractivity contribution in [3.05, 3.63) is 54.1 Å². The normalized spacial score (nSPS) is 14.8. The second-order valence-corrected chi connectivity index (χ2v) is 7.55. The zero-order valence-electron chi connectivity index (χ0n) is 13.8. The Kier molecular flexibility index (Phi) is 6.75. The number of hydrogen-bond acceptors (Lipinski definition) is 3. The van der Waals surface area contributed by atoms with Crippen LogP contribution in [0.4, 0.5) is 0 Å². The molecule has 0 heterocycles. The number of nitrogens with one attached hydrogen (secondary N) is 2. The standard InChI is InChI=1S/C18H24N2O3S/c1-2-13-19-18(21)16-8-10-17(11-9-16)24(22,23)20-14-12-15-6-4-3-5-7-15/h2,6,8-11,20H,1,3-5,7,12-14H2,(H,19,21). The number of hydrogen-bond donors (Lipinski definition) is 2. The van der Waals surface area contributed by atoms with E-state index in [1.165, 1.54) is 42.7 Å². The molecule has 1 aliphatic carbocycles. The summed E-state index contributed by atoms with van der Waals surface area (Å²) >= 11 is 0. The maximum absolute atomic E-state index is 12.3. The highest BCUT2D eigenvalue weighted by atomic mass is 32.2. The average Bonchev–Trinajstić information content (AvgIpc) is 2.60. The van der Waals surface area contributed by atoms with Crippen molar-refractivity contribution >= 4 is 15.9 Å². The molecule has 2 N–H and O–H groups in total. The average molecular weight is 348 g/mol. The molecule has 1 amide bonds. The fourth-order valence-corrected chi connectivity index (χ4v) is 3.65. The second-order valence-electron chi connectivity index (χ2n) is 5.78. The van der Waals surface area contributed by atoms with Crippen LogP contribution >= 0.6 is 0 Å². The summed E-state index contributed by atoms with van der Waals surface area (Å²) in [5.41, 5.74) is 1.75. The molecule has 0 saturated carbocycles. The summed E-state index contributed by atoms with van der Waals surface area (Å²) in [6.07, 6.45) is 9.13. The molecule has 0 aromatic heterocycles. The molecule has 0 aliphatic heterocycles. The van der Waals surface area contributed by atoms with Gasteiger partial charge in [-0.15, -0.1) is 6.58 Å². The van der Waals surface area contributed by atoms with E-state index in [-0.39, 0.29) is 10.8 Å². The number of benzene rings is 1. The summed E-state index contributed by atoms with van der Waals surface area (Å²) in [6, 6.07) is 5.92. The van der Waals surface area contributed by atoms with Gasteiger partial charge in [0.05, 0.1) is 4.90 Å². The quantitative estimate of drug-likeness (QED) is 0.709. The molecule has 1 aromatic carbocycles. The van der Waals surface area contributed by atoms with Gasteiger partial charge in [0.25, 0.3) is 5.91 Å². The predicted molar refractivity (Wildman–Crippen MR) is 95.3 cm³/mol. The van der Waals surface area contributed by atoms with Gasteiger partial charge in [0, 0.05) is 18.7 Å². The SMILES string of the molecule is C=CCNC(=O)c1ccc(S(=O)(=O)NCCC2=CCCCC2)cc1. The Labute approximate surface area is 143 Å². The number of rotatable bonds is 8. The van der Waals surface area contributed by atoms with Crippen LogP contribution in [0.25, 0.3) is 0 Å². The Hall–Kier alpha value is -1.92. The lowest BCUT2D eigenvalue weighted by atomic mass is 9.97. The van der Waals surface area contributed by atoms with Gasteiger partial charge in [-0.05, 0) is 56.4 Å². The van der Waals surface area contributed by atoms with Gasteiger partial charge in [-0.2, -0.15) is 0 Å². The van der Waals surface area contributed by atoms with Crippen LogP contribution < -0.4 is 10.0 Å². The maximum atomic E-state index is 12.3. The van der Waals surface area contributed by atoms with E-state index in [2.05, 4.69) is 22.7 Å². The summed E-state index contributed by atoms with van der Waals surface area (Å²) < 4.78 is 27.2. The van der Waals surface area contributed by atoms with Gasteiger partial charge in [-0.3, -0.25) is 4.79 Å². The van der Waals surface area contributed by atoms with Crippen molar-refractivity contribution in [2.75, 3.05) is 13.1 Å². The van der Waals surface area contributed by atoms with Gasteiger partial charge in [0.15, 0.2) is 0 Å². The third-order valence-electron chi connectivity index (χ3n) is 3.96. The molecule has 2 rings (SSSR count). The third-order valence-corrected chi connectivity index (χ3v) is 5.43. The first-order valence-corrected chi connectivity index (χ1v) is 9.68. The Morgan fingerprint density at radius 2 is 1.96 bits per heavy atom. The fraction of sp³-hybridized carbons (Fsp3) is 0.389. The van der Waals surface area contributed by atoms with E-state index >= 15 is 0 Å². The molecule has 1 aromatic rings. The van der Waals surface area contributed by atoms with E-state index in [0.29, 0.717) is 18.7 Å². The molecule has 0 spiro atoms. The summed E-state index contributed by atoms with van der Waals surface area (Å²) in [5, 5.41) is 2.65. The van der Waals surface area contributed by atoms with Crippen LogP contribution in [-0.2, 0) is 10.0 Å². The highest BCUT2D eigenvalue weighted by Crippen LogP contribution is 2.19. The molecular formula is C18H24N2O3S. The lowest BCUT2D eigenvalue weighted by molar-refractivity contribution is 0.0958. The molecule has 0 bridgehead atoms. The van der Waals surface area contributed by atoms with Gasteiger partial charge in [0.2, 0.25) is 10.0 Å². The van der Waals surface area contributed by atoms with Crippen molar-refractivity contribution in [1.29, 1.82) is 0 Å². The van der Waals surface area contributed by atoms with Gasteiger partial charge >= 0.3 is 0 Å². The molecule has 1 aliphatic rings. The molecule has 5 nitrogen and oxygen atoms in total. The van der Waals surface area contributed by atoms with Crippen LogP contribution in [0.2, 0.25) is 0 Å². The minimum absolute atomic E-state index is 0.167. The van der Waals surface area contributed by atoms with E-state index in [1.54, 1.807) is 6.08 Å². The molecule has 0 atom stereocenters. The lowest BCUT2D eigenvalue weighted by Gasteiger charge is -2.13. The van der Waals surface area contributed by atoms with E-state index in [1.807, 2.05) is 0 Å². The van der Waals surface area contributed by atoms with Gasteiger partial charge < -0.3 is 5.32 Å². The Morgan fingerprint density at radius 3 is 2.58 bits per heavy atom. The molecule has 6 heteroatoms. The minimum atomic E-state index is -3.55. The summed E-state index contributed by atoms with van der Waals surface area (Å²) in [5.74, 6) is -0.254. The van der Waals surface area contributed by atoms with Crippen LogP contribution in [0, 0.1) is 0 Å². The molecular weight excluding hydrogens is 324 g/mol. The van der Waals surface area contributed by atoms with Crippen LogP contribution in [-0.4, -0.2) is 27.4 Å².